The van der Waals surface area contributed by atoms with Gasteiger partial charge in [-0.25, -0.2) is 9.78 Å². The topological polar surface area (TPSA) is 101 Å². The summed E-state index contributed by atoms with van der Waals surface area (Å²) in [5.41, 5.74) is 6.70. The second kappa shape index (κ2) is 5.01. The van der Waals surface area contributed by atoms with E-state index in [0.717, 1.165) is 5.76 Å². The van der Waals surface area contributed by atoms with Crippen LogP contribution in [0.4, 0.5) is 11.4 Å². The Bertz CT molecular complexity index is 607. The van der Waals surface area contributed by atoms with Crippen molar-refractivity contribution in [2.24, 2.45) is 0 Å². The molecule has 0 fully saturated rings. The van der Waals surface area contributed by atoms with E-state index in [1.54, 1.807) is 18.3 Å². The van der Waals surface area contributed by atoms with Crippen LogP contribution in [0, 0.1) is 6.92 Å². The first-order chi connectivity index (χ1) is 8.97. The van der Waals surface area contributed by atoms with E-state index in [9.17, 15) is 4.79 Å². The lowest BCUT2D eigenvalue weighted by molar-refractivity contribution is 0.0698. The van der Waals surface area contributed by atoms with Gasteiger partial charge in [0.15, 0.2) is 0 Å². The van der Waals surface area contributed by atoms with Crippen LogP contribution in [0.15, 0.2) is 28.8 Å². The number of hydrogen-bond donors (Lipinski definition) is 3. The molecule has 4 N–H and O–H groups in total. The van der Waals surface area contributed by atoms with Crippen LogP contribution < -0.4 is 11.1 Å². The number of benzene rings is 1. The van der Waals surface area contributed by atoms with Gasteiger partial charge in [0.1, 0.15) is 11.8 Å². The van der Waals surface area contributed by atoms with Crippen molar-refractivity contribution >= 4 is 17.3 Å². The molecule has 2 rings (SSSR count). The molecule has 1 aromatic heterocycles. The van der Waals surface area contributed by atoms with Gasteiger partial charge in [0.2, 0.25) is 5.89 Å². The molecule has 0 aliphatic rings. The Kier molecular flexibility index (Phi) is 3.41. The van der Waals surface area contributed by atoms with Crippen LogP contribution in [0.25, 0.3) is 0 Å². The van der Waals surface area contributed by atoms with E-state index in [4.69, 9.17) is 15.3 Å². The fourth-order valence-electron chi connectivity index (χ4n) is 1.73. The van der Waals surface area contributed by atoms with Gasteiger partial charge in [0, 0.05) is 11.4 Å². The first kappa shape index (κ1) is 12.9. The minimum absolute atomic E-state index is 0.0881. The summed E-state index contributed by atoms with van der Waals surface area (Å²) in [7, 11) is 0. The molecule has 1 heterocycles. The number of aromatic nitrogens is 1. The largest absolute Gasteiger partial charge is 0.478 e. The van der Waals surface area contributed by atoms with E-state index >= 15 is 0 Å². The summed E-state index contributed by atoms with van der Waals surface area (Å²) in [6, 6.07) is 4.57. The van der Waals surface area contributed by atoms with Crippen molar-refractivity contribution in [3.63, 3.8) is 0 Å². The summed E-state index contributed by atoms with van der Waals surface area (Å²) in [5.74, 6) is 0.267. The highest BCUT2D eigenvalue weighted by Gasteiger charge is 2.13. The molecule has 19 heavy (non-hydrogen) atoms. The molecule has 0 aliphatic heterocycles. The maximum atomic E-state index is 10.9. The van der Waals surface area contributed by atoms with Crippen molar-refractivity contribution in [2.45, 2.75) is 19.9 Å². The summed E-state index contributed by atoms with van der Waals surface area (Å²) in [4.78, 5) is 15.0. The Labute approximate surface area is 110 Å². The van der Waals surface area contributed by atoms with Crippen LogP contribution in [0.5, 0.6) is 0 Å². The number of carboxylic acid groups (broad SMARTS) is 1. The fourth-order valence-corrected chi connectivity index (χ4v) is 1.73. The van der Waals surface area contributed by atoms with E-state index in [1.165, 1.54) is 6.07 Å². The van der Waals surface area contributed by atoms with Crippen LogP contribution in [-0.2, 0) is 0 Å². The van der Waals surface area contributed by atoms with Crippen LogP contribution in [0.2, 0.25) is 0 Å². The van der Waals surface area contributed by atoms with E-state index in [0.29, 0.717) is 11.6 Å². The minimum Gasteiger partial charge on any atom is -0.478 e. The third-order valence-corrected chi connectivity index (χ3v) is 2.67. The number of rotatable bonds is 4. The van der Waals surface area contributed by atoms with Gasteiger partial charge in [0.25, 0.3) is 0 Å². The number of anilines is 2. The Balaban J connectivity index is 2.15. The molecule has 0 saturated carbocycles. The van der Waals surface area contributed by atoms with Gasteiger partial charge in [0.05, 0.1) is 11.8 Å². The predicted octanol–water partition coefficient (Wildman–Crippen LogP) is 2.44. The maximum Gasteiger partial charge on any atom is 0.337 e. The third-order valence-electron chi connectivity index (χ3n) is 2.67. The summed E-state index contributed by atoms with van der Waals surface area (Å²) in [5, 5.41) is 12.0. The lowest BCUT2D eigenvalue weighted by atomic mass is 10.1. The van der Waals surface area contributed by atoms with Crippen molar-refractivity contribution in [1.29, 1.82) is 0 Å². The zero-order chi connectivity index (χ0) is 14.0. The molecular weight excluding hydrogens is 246 g/mol. The summed E-state index contributed by atoms with van der Waals surface area (Å²) >= 11 is 0. The smallest absolute Gasteiger partial charge is 0.337 e. The van der Waals surface area contributed by atoms with Crippen LogP contribution in [0.3, 0.4) is 0 Å². The van der Waals surface area contributed by atoms with Gasteiger partial charge in [-0.3, -0.25) is 0 Å². The van der Waals surface area contributed by atoms with E-state index in [2.05, 4.69) is 10.3 Å². The monoisotopic (exact) mass is 261 g/mol. The van der Waals surface area contributed by atoms with E-state index in [-0.39, 0.29) is 17.3 Å². The molecule has 1 unspecified atom stereocenters. The van der Waals surface area contributed by atoms with E-state index in [1.807, 2.05) is 13.8 Å². The van der Waals surface area contributed by atoms with Gasteiger partial charge in [-0.2, -0.15) is 0 Å². The number of aryl methyl sites for hydroxylation is 1. The Morgan fingerprint density at radius 1 is 1.53 bits per heavy atom. The molecule has 1 atom stereocenters. The summed E-state index contributed by atoms with van der Waals surface area (Å²) in [6.07, 6.45) is 1.65. The zero-order valence-corrected chi connectivity index (χ0v) is 10.7. The first-order valence-corrected chi connectivity index (χ1v) is 5.79. The van der Waals surface area contributed by atoms with Crippen LogP contribution in [-0.4, -0.2) is 16.1 Å². The molecule has 6 heteroatoms. The molecule has 0 spiro atoms. The fraction of sp³-hybridized carbons (Fsp3) is 0.231. The Morgan fingerprint density at radius 2 is 2.26 bits per heavy atom. The standard InChI is InChI=1S/C13H15N3O3/c1-7-6-15-12(19-7)8(2)16-9-3-4-10(13(17)18)11(14)5-9/h3-6,8,16H,14H2,1-2H3,(H,17,18). The zero-order valence-electron chi connectivity index (χ0n) is 10.7. The van der Waals surface area contributed by atoms with Crippen molar-refractivity contribution in [3.05, 3.63) is 41.6 Å². The number of nitrogens with zero attached hydrogens (tertiary/aromatic N) is 1. The number of carboxylic acids is 1. The molecule has 0 amide bonds. The highest BCUT2D eigenvalue weighted by molar-refractivity contribution is 5.94. The highest BCUT2D eigenvalue weighted by Crippen LogP contribution is 2.22. The number of nitrogen functional groups attached to an aromatic ring is 1. The average molecular weight is 261 g/mol. The molecule has 2 aromatic rings. The molecule has 0 saturated heterocycles. The predicted molar refractivity (Wildman–Crippen MR) is 71.1 cm³/mol. The van der Waals surface area contributed by atoms with Gasteiger partial charge in [-0.15, -0.1) is 0 Å². The molecule has 6 nitrogen and oxygen atoms in total. The maximum absolute atomic E-state index is 10.9. The number of oxazole rings is 1. The van der Waals surface area contributed by atoms with Crippen molar-refractivity contribution in [1.82, 2.24) is 4.98 Å². The second-order valence-corrected chi connectivity index (χ2v) is 4.28. The normalized spacial score (nSPS) is 12.1. The van der Waals surface area contributed by atoms with Gasteiger partial charge < -0.3 is 20.6 Å². The number of hydrogen-bond acceptors (Lipinski definition) is 5. The first-order valence-electron chi connectivity index (χ1n) is 5.79. The third kappa shape index (κ3) is 2.85. The number of nitrogens with two attached hydrogens (primary N) is 1. The molecule has 0 aliphatic carbocycles. The number of nitrogens with one attached hydrogen (secondary N) is 1. The van der Waals surface area contributed by atoms with Crippen molar-refractivity contribution in [3.8, 4) is 0 Å². The SMILES string of the molecule is Cc1cnc(C(C)Nc2ccc(C(=O)O)c(N)c2)o1. The van der Waals surface area contributed by atoms with Crippen LogP contribution in [0.1, 0.15) is 35.0 Å². The lowest BCUT2D eigenvalue weighted by Gasteiger charge is -2.13. The number of carbonyl (C=O) groups is 1. The van der Waals surface area contributed by atoms with Gasteiger partial charge >= 0.3 is 5.97 Å². The summed E-state index contributed by atoms with van der Waals surface area (Å²) < 4.78 is 5.41. The average Bonchev–Trinajstić information content (AvgIpc) is 2.75. The quantitative estimate of drug-likeness (QED) is 0.731. The Hall–Kier alpha value is -2.50. The van der Waals surface area contributed by atoms with Crippen molar-refractivity contribution in [2.75, 3.05) is 11.1 Å². The highest BCUT2D eigenvalue weighted by atomic mass is 16.4. The van der Waals surface area contributed by atoms with Crippen molar-refractivity contribution < 1.29 is 14.3 Å². The second-order valence-electron chi connectivity index (χ2n) is 4.28. The molecule has 0 radical (unpaired) electrons. The minimum atomic E-state index is -1.04. The van der Waals surface area contributed by atoms with E-state index < -0.39 is 5.97 Å². The summed E-state index contributed by atoms with van der Waals surface area (Å²) in [6.45, 7) is 3.72. The molecular formula is C13H15N3O3. The Morgan fingerprint density at radius 3 is 2.79 bits per heavy atom. The molecule has 100 valence electrons. The molecule has 1 aromatic carbocycles. The lowest BCUT2D eigenvalue weighted by Crippen LogP contribution is -2.08. The van der Waals surface area contributed by atoms with Crippen LogP contribution >= 0.6 is 0 Å². The number of aromatic carboxylic acids is 1. The van der Waals surface area contributed by atoms with Gasteiger partial charge in [-0.1, -0.05) is 0 Å². The molecule has 0 bridgehead atoms. The van der Waals surface area contributed by atoms with Gasteiger partial charge in [-0.05, 0) is 32.0 Å².